The minimum absolute atomic E-state index is 0.576. The van der Waals surface area contributed by atoms with Gasteiger partial charge in [-0.1, -0.05) is 20.8 Å². The highest BCUT2D eigenvalue weighted by Crippen LogP contribution is 2.40. The molecular weight excluding hydrogens is 254 g/mol. The number of ether oxygens (including phenoxy) is 3. The van der Waals surface area contributed by atoms with E-state index in [1.807, 2.05) is 12.1 Å². The van der Waals surface area contributed by atoms with E-state index in [-0.39, 0.29) is 0 Å². The molecule has 0 fully saturated rings. The molecule has 0 aromatic heterocycles. The van der Waals surface area contributed by atoms with Crippen LogP contribution >= 0.6 is 0 Å². The lowest BCUT2D eigenvalue weighted by Crippen LogP contribution is -2.24. The van der Waals surface area contributed by atoms with Gasteiger partial charge in [-0.15, -0.1) is 0 Å². The van der Waals surface area contributed by atoms with E-state index in [2.05, 4.69) is 26.1 Å². The van der Waals surface area contributed by atoms with Gasteiger partial charge in [-0.2, -0.15) is 0 Å². The summed E-state index contributed by atoms with van der Waals surface area (Å²) >= 11 is 0. The first-order valence-corrected chi connectivity index (χ1v) is 7.29. The van der Waals surface area contributed by atoms with E-state index < -0.39 is 0 Å². The smallest absolute Gasteiger partial charge is 0.203 e. The van der Waals surface area contributed by atoms with Crippen LogP contribution in [0.1, 0.15) is 26.3 Å². The minimum atomic E-state index is 0.576. The summed E-state index contributed by atoms with van der Waals surface area (Å²) in [4.78, 5) is 0. The molecule has 2 rings (SSSR count). The lowest BCUT2D eigenvalue weighted by atomic mass is 9.98. The fraction of sp³-hybridized carbons (Fsp3) is 0.625. The van der Waals surface area contributed by atoms with Crippen LogP contribution in [0.15, 0.2) is 12.1 Å². The topological polar surface area (TPSA) is 39.7 Å². The van der Waals surface area contributed by atoms with Crippen molar-refractivity contribution in [3.05, 3.63) is 17.7 Å². The number of rotatable bonds is 6. The molecule has 112 valence electrons. The van der Waals surface area contributed by atoms with Gasteiger partial charge < -0.3 is 19.5 Å². The van der Waals surface area contributed by atoms with Crippen LogP contribution in [0.25, 0.3) is 0 Å². The molecule has 0 saturated carbocycles. The Balaban J connectivity index is 2.01. The molecule has 0 spiro atoms. The molecule has 4 heteroatoms. The molecule has 4 nitrogen and oxygen atoms in total. The molecular formula is C16H25NO3. The Morgan fingerprint density at radius 3 is 2.65 bits per heavy atom. The lowest BCUT2D eigenvalue weighted by molar-refractivity contribution is 0.165. The van der Waals surface area contributed by atoms with Crippen molar-refractivity contribution in [1.82, 2.24) is 5.32 Å². The van der Waals surface area contributed by atoms with Crippen molar-refractivity contribution >= 4 is 0 Å². The van der Waals surface area contributed by atoms with Gasteiger partial charge in [0, 0.05) is 6.54 Å². The van der Waals surface area contributed by atoms with Gasteiger partial charge in [0.2, 0.25) is 5.75 Å². The Morgan fingerprint density at radius 1 is 1.20 bits per heavy atom. The van der Waals surface area contributed by atoms with Crippen LogP contribution < -0.4 is 19.5 Å². The van der Waals surface area contributed by atoms with Crippen molar-refractivity contribution in [2.24, 2.45) is 11.8 Å². The quantitative estimate of drug-likeness (QED) is 0.869. The SMILES string of the molecule is COc1cc(CNCC(C)C(C)C)cc2c1OCCO2. The minimum Gasteiger partial charge on any atom is -0.493 e. The summed E-state index contributed by atoms with van der Waals surface area (Å²) in [5, 5.41) is 3.49. The molecule has 1 N–H and O–H groups in total. The maximum absolute atomic E-state index is 5.64. The zero-order chi connectivity index (χ0) is 14.5. The van der Waals surface area contributed by atoms with Crippen molar-refractivity contribution in [3.63, 3.8) is 0 Å². The number of hydrogen-bond donors (Lipinski definition) is 1. The number of benzene rings is 1. The molecule has 0 bridgehead atoms. The van der Waals surface area contributed by atoms with Crippen LogP contribution in [0.2, 0.25) is 0 Å². The first-order chi connectivity index (χ1) is 9.61. The van der Waals surface area contributed by atoms with E-state index >= 15 is 0 Å². The number of hydrogen-bond acceptors (Lipinski definition) is 4. The highest BCUT2D eigenvalue weighted by atomic mass is 16.6. The van der Waals surface area contributed by atoms with Crippen molar-refractivity contribution in [1.29, 1.82) is 0 Å². The van der Waals surface area contributed by atoms with Crippen LogP contribution in [-0.2, 0) is 6.54 Å². The molecule has 0 saturated heterocycles. The van der Waals surface area contributed by atoms with Gasteiger partial charge in [0.25, 0.3) is 0 Å². The number of nitrogens with one attached hydrogen (secondary N) is 1. The number of fused-ring (bicyclic) bond motifs is 1. The Labute approximate surface area is 121 Å². The lowest BCUT2D eigenvalue weighted by Gasteiger charge is -2.22. The second-order valence-corrected chi connectivity index (χ2v) is 5.67. The molecule has 1 aromatic rings. The molecule has 1 aromatic carbocycles. The van der Waals surface area contributed by atoms with Gasteiger partial charge in [-0.25, -0.2) is 0 Å². The predicted octanol–water partition coefficient (Wildman–Crippen LogP) is 2.85. The zero-order valence-electron chi connectivity index (χ0n) is 12.9. The predicted molar refractivity (Wildman–Crippen MR) is 79.7 cm³/mol. The van der Waals surface area contributed by atoms with Gasteiger partial charge >= 0.3 is 0 Å². The Hall–Kier alpha value is -1.42. The van der Waals surface area contributed by atoms with Crippen molar-refractivity contribution in [2.75, 3.05) is 26.9 Å². The monoisotopic (exact) mass is 279 g/mol. The molecule has 0 amide bonds. The van der Waals surface area contributed by atoms with Crippen molar-refractivity contribution in [2.45, 2.75) is 27.3 Å². The van der Waals surface area contributed by atoms with Gasteiger partial charge in [-0.3, -0.25) is 0 Å². The van der Waals surface area contributed by atoms with Crippen LogP contribution in [0.4, 0.5) is 0 Å². The Kier molecular flexibility index (Phi) is 5.12. The molecule has 20 heavy (non-hydrogen) atoms. The van der Waals surface area contributed by atoms with Gasteiger partial charge in [-0.05, 0) is 36.1 Å². The second kappa shape index (κ2) is 6.84. The summed E-state index contributed by atoms with van der Waals surface area (Å²) in [5.41, 5.74) is 1.15. The van der Waals surface area contributed by atoms with E-state index in [0.717, 1.165) is 35.9 Å². The van der Waals surface area contributed by atoms with Gasteiger partial charge in [0.05, 0.1) is 7.11 Å². The first-order valence-electron chi connectivity index (χ1n) is 7.29. The van der Waals surface area contributed by atoms with Gasteiger partial charge in [0.1, 0.15) is 13.2 Å². The van der Waals surface area contributed by atoms with Crippen LogP contribution in [0.5, 0.6) is 17.2 Å². The zero-order valence-corrected chi connectivity index (χ0v) is 12.9. The molecule has 1 heterocycles. The third-order valence-electron chi connectivity index (χ3n) is 3.82. The maximum Gasteiger partial charge on any atom is 0.203 e. The van der Waals surface area contributed by atoms with Crippen molar-refractivity contribution < 1.29 is 14.2 Å². The summed E-state index contributed by atoms with van der Waals surface area (Å²) in [7, 11) is 1.66. The fourth-order valence-corrected chi connectivity index (χ4v) is 2.11. The van der Waals surface area contributed by atoms with E-state index in [9.17, 15) is 0 Å². The third-order valence-corrected chi connectivity index (χ3v) is 3.82. The van der Waals surface area contributed by atoms with E-state index in [1.165, 1.54) is 0 Å². The average molecular weight is 279 g/mol. The molecule has 1 aliphatic heterocycles. The van der Waals surface area contributed by atoms with Crippen molar-refractivity contribution in [3.8, 4) is 17.2 Å². The maximum atomic E-state index is 5.64. The third kappa shape index (κ3) is 3.57. The van der Waals surface area contributed by atoms with Crippen LogP contribution in [0.3, 0.4) is 0 Å². The average Bonchev–Trinajstić information content (AvgIpc) is 2.46. The van der Waals surface area contributed by atoms with E-state index in [1.54, 1.807) is 7.11 Å². The van der Waals surface area contributed by atoms with E-state index in [0.29, 0.717) is 25.0 Å². The van der Waals surface area contributed by atoms with E-state index in [4.69, 9.17) is 14.2 Å². The number of methoxy groups -OCH3 is 1. The molecule has 1 unspecified atom stereocenters. The molecule has 0 aliphatic carbocycles. The van der Waals surface area contributed by atoms with Gasteiger partial charge in [0.15, 0.2) is 11.5 Å². The summed E-state index contributed by atoms with van der Waals surface area (Å²) in [5.74, 6) is 3.60. The summed E-state index contributed by atoms with van der Waals surface area (Å²) in [6, 6.07) is 4.05. The molecule has 1 aliphatic rings. The Morgan fingerprint density at radius 2 is 1.95 bits per heavy atom. The Bertz CT molecular complexity index is 428. The first kappa shape index (κ1) is 15.0. The largest absolute Gasteiger partial charge is 0.493 e. The standard InChI is InChI=1S/C16H25NO3/c1-11(2)12(3)9-17-10-13-7-14(18-4)16-15(8-13)19-5-6-20-16/h7-8,11-12,17H,5-6,9-10H2,1-4H3. The van der Waals surface area contributed by atoms with Crippen LogP contribution in [-0.4, -0.2) is 26.9 Å². The summed E-state index contributed by atoms with van der Waals surface area (Å²) in [6.45, 7) is 9.75. The second-order valence-electron chi connectivity index (χ2n) is 5.67. The summed E-state index contributed by atoms with van der Waals surface area (Å²) in [6.07, 6.45) is 0. The van der Waals surface area contributed by atoms with Crippen LogP contribution in [0, 0.1) is 11.8 Å². The molecule has 0 radical (unpaired) electrons. The summed E-state index contributed by atoms with van der Waals surface area (Å²) < 4.78 is 16.6. The highest BCUT2D eigenvalue weighted by molar-refractivity contribution is 5.54. The highest BCUT2D eigenvalue weighted by Gasteiger charge is 2.18. The normalized spacial score (nSPS) is 15.2. The molecule has 1 atom stereocenters. The fourth-order valence-electron chi connectivity index (χ4n) is 2.11.